The molecule has 0 unspecified atom stereocenters. The van der Waals surface area contributed by atoms with Gasteiger partial charge in [-0.2, -0.15) is 0 Å². The summed E-state index contributed by atoms with van der Waals surface area (Å²) in [6.45, 7) is 4.04. The number of hydrogen-bond acceptors (Lipinski definition) is 3. The summed E-state index contributed by atoms with van der Waals surface area (Å²) in [6, 6.07) is 16.1. The minimum absolute atomic E-state index is 0.0515. The molecule has 1 aliphatic rings. The molecular weight excluding hydrogens is 334 g/mol. The Hall–Kier alpha value is -2.17. The fourth-order valence-electron chi connectivity index (χ4n) is 2.59. The molecule has 2 aromatic carbocycles. The van der Waals surface area contributed by atoms with Gasteiger partial charge in [0.25, 0.3) is 5.24 Å². The molecule has 2 aromatic rings. The highest BCUT2D eigenvalue weighted by atomic mass is 32.2. The van der Waals surface area contributed by atoms with Crippen molar-refractivity contribution in [2.45, 2.75) is 13.8 Å². The molecule has 1 fully saturated rings. The largest absolute Gasteiger partial charge is 0.296 e. The predicted octanol–water partition coefficient (Wildman–Crippen LogP) is 5.90. The number of aryl methyl sites for hydroxylation is 2. The number of carbonyl (C=O) groups excluding carboxylic acids is 1. The molecule has 4 heteroatoms. The molecule has 0 atom stereocenters. The molecule has 0 spiro atoms. The molecule has 0 bridgehead atoms. The second kappa shape index (κ2) is 7.16. The number of carbonyl (C=O) groups is 1. The summed E-state index contributed by atoms with van der Waals surface area (Å²) in [4.78, 5) is 15.4. The van der Waals surface area contributed by atoms with Gasteiger partial charge < -0.3 is 0 Å². The minimum Gasteiger partial charge on any atom is -0.261 e. The van der Waals surface area contributed by atoms with Crippen LogP contribution in [0.1, 0.15) is 16.7 Å². The molecule has 1 amide bonds. The average Bonchev–Trinajstić information content (AvgIpc) is 2.81. The molecule has 0 saturated carbocycles. The number of hydrogen-bond donors (Lipinski definition) is 0. The van der Waals surface area contributed by atoms with Gasteiger partial charge in [0.05, 0.1) is 10.6 Å². The standard InChI is InChI=1S/C20H17NOS2/c1-14-11-15(2)13-17(12-14)21-19(23)18(24-20(21)22)10-6-9-16-7-4-3-5-8-16/h3-13H,1-2H3/b9-6+,18-10+. The predicted molar refractivity (Wildman–Crippen MR) is 108 cm³/mol. The van der Waals surface area contributed by atoms with Crippen molar-refractivity contribution in [3.63, 3.8) is 0 Å². The second-order valence-corrected chi connectivity index (χ2v) is 7.04. The van der Waals surface area contributed by atoms with E-state index in [0.29, 0.717) is 4.99 Å². The van der Waals surface area contributed by atoms with Crippen molar-refractivity contribution in [2.75, 3.05) is 4.90 Å². The van der Waals surface area contributed by atoms with E-state index in [9.17, 15) is 4.79 Å². The quantitative estimate of drug-likeness (QED) is 0.507. The fourth-order valence-corrected chi connectivity index (χ4v) is 3.84. The third-order valence-corrected chi connectivity index (χ3v) is 5.03. The Labute approximate surface area is 151 Å². The maximum absolute atomic E-state index is 12.4. The van der Waals surface area contributed by atoms with E-state index >= 15 is 0 Å². The van der Waals surface area contributed by atoms with Gasteiger partial charge in [0.1, 0.15) is 4.99 Å². The van der Waals surface area contributed by atoms with E-state index in [2.05, 4.69) is 6.07 Å². The topological polar surface area (TPSA) is 20.3 Å². The molecule has 0 aromatic heterocycles. The Morgan fingerprint density at radius 3 is 2.38 bits per heavy atom. The van der Waals surface area contributed by atoms with Crippen LogP contribution in [0.2, 0.25) is 0 Å². The van der Waals surface area contributed by atoms with E-state index in [1.165, 1.54) is 11.8 Å². The van der Waals surface area contributed by atoms with Crippen LogP contribution in [0.15, 0.2) is 65.6 Å². The molecular formula is C20H17NOS2. The number of thiocarbonyl (C=S) groups is 1. The highest BCUT2D eigenvalue weighted by Crippen LogP contribution is 2.36. The Morgan fingerprint density at radius 2 is 1.71 bits per heavy atom. The minimum atomic E-state index is -0.0515. The van der Waals surface area contributed by atoms with E-state index in [0.717, 1.165) is 27.3 Å². The zero-order valence-electron chi connectivity index (χ0n) is 13.5. The summed E-state index contributed by atoms with van der Waals surface area (Å²) in [5, 5.41) is -0.0515. The SMILES string of the molecule is Cc1cc(C)cc(N2C(=O)S/C(=C/C=C/c3ccccc3)C2=S)c1. The average molecular weight is 351 g/mol. The normalized spacial score (nSPS) is 16.6. The Bertz CT molecular complexity index is 833. The highest BCUT2D eigenvalue weighted by Gasteiger charge is 2.32. The maximum atomic E-state index is 12.4. The summed E-state index contributed by atoms with van der Waals surface area (Å²) in [5.41, 5.74) is 4.19. The lowest BCUT2D eigenvalue weighted by Gasteiger charge is -2.16. The molecule has 1 heterocycles. The molecule has 2 nitrogen and oxygen atoms in total. The van der Waals surface area contributed by atoms with Crippen LogP contribution in [-0.2, 0) is 0 Å². The summed E-state index contributed by atoms with van der Waals surface area (Å²) in [6.07, 6.45) is 5.84. The van der Waals surface area contributed by atoms with Crippen molar-refractivity contribution in [1.82, 2.24) is 0 Å². The van der Waals surface area contributed by atoms with Crippen molar-refractivity contribution >= 4 is 46.0 Å². The third kappa shape index (κ3) is 3.66. The fraction of sp³-hybridized carbons (Fsp3) is 0.100. The first-order valence-electron chi connectivity index (χ1n) is 7.62. The van der Waals surface area contributed by atoms with Crippen LogP contribution < -0.4 is 4.90 Å². The van der Waals surface area contributed by atoms with Gasteiger partial charge in [-0.3, -0.25) is 9.69 Å². The summed E-state index contributed by atoms with van der Waals surface area (Å²) < 4.78 is 0. The van der Waals surface area contributed by atoms with Gasteiger partial charge in [-0.1, -0.05) is 60.8 Å². The first-order valence-corrected chi connectivity index (χ1v) is 8.85. The van der Waals surface area contributed by atoms with E-state index in [1.807, 2.05) is 74.5 Å². The van der Waals surface area contributed by atoms with Crippen LogP contribution in [0.25, 0.3) is 6.08 Å². The van der Waals surface area contributed by atoms with Crippen LogP contribution in [0, 0.1) is 13.8 Å². The highest BCUT2D eigenvalue weighted by molar-refractivity contribution is 8.20. The third-order valence-electron chi connectivity index (χ3n) is 3.59. The van der Waals surface area contributed by atoms with Crippen molar-refractivity contribution in [1.29, 1.82) is 0 Å². The Kier molecular flexibility index (Phi) is 4.97. The van der Waals surface area contributed by atoms with Gasteiger partial charge >= 0.3 is 0 Å². The number of allylic oxidation sites excluding steroid dienone is 2. The van der Waals surface area contributed by atoms with Crippen LogP contribution >= 0.6 is 24.0 Å². The molecule has 0 N–H and O–H groups in total. The van der Waals surface area contributed by atoms with Crippen molar-refractivity contribution in [3.8, 4) is 0 Å². The molecule has 0 radical (unpaired) electrons. The van der Waals surface area contributed by atoms with E-state index in [1.54, 1.807) is 4.90 Å². The number of amides is 1. The van der Waals surface area contributed by atoms with E-state index in [-0.39, 0.29) is 5.24 Å². The molecule has 1 saturated heterocycles. The van der Waals surface area contributed by atoms with Crippen molar-refractivity contribution in [2.24, 2.45) is 0 Å². The van der Waals surface area contributed by atoms with Gasteiger partial charge in [0.2, 0.25) is 0 Å². The van der Waals surface area contributed by atoms with Gasteiger partial charge in [0, 0.05) is 0 Å². The summed E-state index contributed by atoms with van der Waals surface area (Å²) in [7, 11) is 0. The number of nitrogens with zero attached hydrogens (tertiary/aromatic N) is 1. The first kappa shape index (κ1) is 16.7. The van der Waals surface area contributed by atoms with Gasteiger partial charge in [-0.15, -0.1) is 0 Å². The zero-order valence-corrected chi connectivity index (χ0v) is 15.2. The number of anilines is 1. The smallest absolute Gasteiger partial charge is 0.261 e. The van der Waals surface area contributed by atoms with Crippen LogP contribution in [0.5, 0.6) is 0 Å². The van der Waals surface area contributed by atoms with E-state index < -0.39 is 0 Å². The van der Waals surface area contributed by atoms with Crippen LogP contribution in [0.4, 0.5) is 10.5 Å². The number of benzene rings is 2. The maximum Gasteiger partial charge on any atom is 0.296 e. The lowest BCUT2D eigenvalue weighted by atomic mass is 10.1. The Balaban J connectivity index is 1.83. The van der Waals surface area contributed by atoms with Crippen molar-refractivity contribution in [3.05, 3.63) is 82.3 Å². The van der Waals surface area contributed by atoms with Crippen LogP contribution in [-0.4, -0.2) is 10.2 Å². The van der Waals surface area contributed by atoms with Gasteiger partial charge in [-0.25, -0.2) is 0 Å². The van der Waals surface area contributed by atoms with Crippen molar-refractivity contribution < 1.29 is 4.79 Å². The van der Waals surface area contributed by atoms with Gasteiger partial charge in [-0.05, 0) is 60.5 Å². The summed E-state index contributed by atoms with van der Waals surface area (Å²) in [5.74, 6) is 0. The Morgan fingerprint density at radius 1 is 1.04 bits per heavy atom. The molecule has 3 rings (SSSR count). The number of rotatable bonds is 3. The molecule has 0 aliphatic carbocycles. The number of thioether (sulfide) groups is 1. The van der Waals surface area contributed by atoms with Crippen LogP contribution in [0.3, 0.4) is 0 Å². The molecule has 120 valence electrons. The van der Waals surface area contributed by atoms with E-state index in [4.69, 9.17) is 12.2 Å². The zero-order chi connectivity index (χ0) is 17.1. The lowest BCUT2D eigenvalue weighted by molar-refractivity contribution is 0.268. The molecule has 1 aliphatic heterocycles. The molecule has 24 heavy (non-hydrogen) atoms. The first-order chi connectivity index (χ1) is 11.5. The lowest BCUT2D eigenvalue weighted by Crippen LogP contribution is -2.26. The monoisotopic (exact) mass is 351 g/mol. The summed E-state index contributed by atoms with van der Waals surface area (Å²) >= 11 is 6.70. The second-order valence-electron chi connectivity index (χ2n) is 5.66. The van der Waals surface area contributed by atoms with Gasteiger partial charge in [0.15, 0.2) is 0 Å².